The number of quaternary nitrogens is 1. The molecule has 92 valence electrons. The van der Waals surface area contributed by atoms with Crippen molar-refractivity contribution in [2.75, 3.05) is 14.1 Å². The Kier molecular flexibility index (Phi) is 8.44. The van der Waals surface area contributed by atoms with E-state index in [9.17, 15) is 0 Å². The summed E-state index contributed by atoms with van der Waals surface area (Å²) in [5.74, 6) is 0.0623. The van der Waals surface area contributed by atoms with E-state index in [1.165, 1.54) is 0 Å². The maximum atomic E-state index is 7.37. The van der Waals surface area contributed by atoms with Crippen LogP contribution in [-0.4, -0.2) is 32.1 Å². The monoisotopic (exact) mass is 365 g/mol. The number of amidine groups is 1. The summed E-state index contributed by atoms with van der Waals surface area (Å²) in [6, 6.07) is 8.54. The Balaban J connectivity index is 0.00000289. The second-order valence-corrected chi connectivity index (χ2v) is 4.56. The molecule has 0 unspecified atom stereocenters. The zero-order chi connectivity index (χ0) is 13.1. The Hall–Kier alpha value is 0.727. The molecule has 18 heavy (non-hydrogen) atoms. The van der Waals surface area contributed by atoms with Gasteiger partial charge in [-0.1, -0.05) is 24.2 Å². The van der Waals surface area contributed by atoms with E-state index in [4.69, 9.17) is 15.9 Å². The van der Waals surface area contributed by atoms with Crippen LogP contribution in [0.4, 0.5) is 0 Å². The van der Waals surface area contributed by atoms with Crippen molar-refractivity contribution in [2.45, 2.75) is 13.8 Å². The quantitative estimate of drug-likeness (QED) is 0.155. The van der Waals surface area contributed by atoms with Crippen molar-refractivity contribution in [1.29, 1.82) is 5.41 Å². The van der Waals surface area contributed by atoms with Crippen molar-refractivity contribution in [3.8, 4) is 0 Å². The van der Waals surface area contributed by atoms with Gasteiger partial charge in [-0.2, -0.15) is 0 Å². The first-order valence-corrected chi connectivity index (χ1v) is 5.44. The molecule has 1 rings (SSSR count). The summed E-state index contributed by atoms with van der Waals surface area (Å²) in [7, 11) is 5.60. The molecule has 0 aliphatic heterocycles. The van der Waals surface area contributed by atoms with Gasteiger partial charge in [-0.25, -0.2) is 5.46 Å². The molecule has 0 aliphatic rings. The number of nitrogen functional groups attached to an aromatic ring is 1. The van der Waals surface area contributed by atoms with E-state index < -0.39 is 0 Å². The van der Waals surface area contributed by atoms with Crippen LogP contribution in [0.3, 0.4) is 0 Å². The van der Waals surface area contributed by atoms with E-state index in [-0.39, 0.29) is 74.7 Å². The van der Waals surface area contributed by atoms with Crippen LogP contribution in [0.2, 0.25) is 0 Å². The van der Waals surface area contributed by atoms with Gasteiger partial charge in [0, 0.05) is 5.56 Å². The molecule has 0 amide bonds. The number of benzene rings is 1. The summed E-state index contributed by atoms with van der Waals surface area (Å²) >= 11 is 0. The third-order valence-corrected chi connectivity index (χ3v) is 2.73. The van der Waals surface area contributed by atoms with Gasteiger partial charge >= 0.3 is 68.9 Å². The van der Waals surface area contributed by atoms with E-state index in [0.29, 0.717) is 10.2 Å². The maximum Gasteiger partial charge on any atom is 1.00 e. The summed E-state index contributed by atoms with van der Waals surface area (Å²) in [6.45, 7) is 4.03. The molecule has 0 saturated carbocycles. The first-order valence-electron chi connectivity index (χ1n) is 5.44. The third kappa shape index (κ3) is 5.79. The summed E-state index contributed by atoms with van der Waals surface area (Å²) in [5.41, 5.74) is 7.03. The van der Waals surface area contributed by atoms with Gasteiger partial charge < -0.3 is 15.1 Å². The van der Waals surface area contributed by atoms with Gasteiger partial charge in [-0.3, -0.25) is 5.41 Å². The Morgan fingerprint density at radius 2 is 2.00 bits per heavy atom. The third-order valence-electron chi connectivity index (χ3n) is 2.73. The average Bonchev–Trinajstić information content (AvgIpc) is 2.26. The molecule has 0 heterocycles. The molecule has 0 aromatic heterocycles. The predicted octanol–water partition coefficient (Wildman–Crippen LogP) is -2.20. The summed E-state index contributed by atoms with van der Waals surface area (Å²) < 4.78 is 6.04. The van der Waals surface area contributed by atoms with Gasteiger partial charge in [-0.05, 0) is 7.48 Å². The van der Waals surface area contributed by atoms with Gasteiger partial charge in [-0.15, -0.1) is 19.9 Å². The van der Waals surface area contributed by atoms with Crippen LogP contribution in [0.5, 0.6) is 0 Å². The fraction of sp³-hybridized carbons (Fsp3) is 0.333. The van der Waals surface area contributed by atoms with Crippen LogP contribution >= 0.6 is 0 Å². The number of nitrogens with zero attached hydrogens (tertiary/aromatic N) is 1. The number of hydrogen-bond acceptors (Lipinski definition) is 2. The van der Waals surface area contributed by atoms with Gasteiger partial charge in [0.05, 0.1) is 14.1 Å². The van der Waals surface area contributed by atoms with E-state index in [2.05, 4.69) is 0 Å². The standard InChI is InChI=1S/C12H19BN3O.Cs/c1-9(2)16(3,4)17-13-11-7-5-6-10(8-11)12(14)15;/h5-8H,1-4H3,(H3,14,15);/q-1;+1. The zero-order valence-electron chi connectivity index (χ0n) is 11.8. The topological polar surface area (TPSA) is 59.1 Å². The fourth-order valence-corrected chi connectivity index (χ4v) is 1.08. The number of rotatable bonds is 5. The molecule has 0 spiro atoms. The summed E-state index contributed by atoms with van der Waals surface area (Å²) in [4.78, 5) is 0. The molecule has 6 heteroatoms. The molecule has 0 atom stereocenters. The van der Waals surface area contributed by atoms with E-state index in [0.717, 1.165) is 11.5 Å². The summed E-state index contributed by atoms with van der Waals surface area (Å²) in [6.07, 6.45) is 0. The zero-order valence-corrected chi connectivity index (χ0v) is 18.1. The minimum atomic E-state index is 0. The molecule has 1 aromatic carbocycles. The first kappa shape index (κ1) is 18.7. The van der Waals surface area contributed by atoms with Gasteiger partial charge in [0.2, 0.25) is 0 Å². The smallest absolute Gasteiger partial charge is 0.515 e. The van der Waals surface area contributed by atoms with Gasteiger partial charge in [0.25, 0.3) is 0 Å². The Labute approximate surface area is 169 Å². The maximum absolute atomic E-state index is 7.37. The van der Waals surface area contributed by atoms with Crippen LogP contribution in [0.1, 0.15) is 19.4 Å². The van der Waals surface area contributed by atoms with Crippen molar-refractivity contribution < 1.29 is 78.3 Å². The minimum absolute atomic E-state index is 0. The van der Waals surface area contributed by atoms with Crippen molar-refractivity contribution in [1.82, 2.24) is 0 Å². The van der Waals surface area contributed by atoms with Gasteiger partial charge in [0.15, 0.2) is 0 Å². The molecule has 4 nitrogen and oxygen atoms in total. The van der Waals surface area contributed by atoms with Crippen LogP contribution < -0.4 is 80.1 Å². The van der Waals surface area contributed by atoms with E-state index in [1.54, 1.807) is 13.5 Å². The average molecular weight is 365 g/mol. The molecule has 0 aliphatic carbocycles. The first-order chi connectivity index (χ1) is 7.83. The van der Waals surface area contributed by atoms with Crippen LogP contribution in [0, 0.1) is 11.5 Å². The fourth-order valence-electron chi connectivity index (χ4n) is 1.08. The van der Waals surface area contributed by atoms with Gasteiger partial charge in [0.1, 0.15) is 5.84 Å². The molecular weight excluding hydrogens is 346 g/mol. The van der Waals surface area contributed by atoms with Crippen LogP contribution in [0.15, 0.2) is 24.3 Å². The molecule has 2 radical (unpaired) electrons. The van der Waals surface area contributed by atoms with Crippen molar-refractivity contribution >= 4 is 18.8 Å². The molecule has 0 fully saturated rings. The predicted molar refractivity (Wildman–Crippen MR) is 70.6 cm³/mol. The number of hydroxylamine groups is 3. The summed E-state index contributed by atoms with van der Waals surface area (Å²) in [5, 5.41) is 7.37. The molecule has 3 N–H and O–H groups in total. The molecule has 0 bridgehead atoms. The second kappa shape index (κ2) is 8.11. The Morgan fingerprint density at radius 3 is 2.50 bits per heavy atom. The SMILES string of the molecule is C[C-](C)[N+](C)(C)O[B-]c1cccc(C(=N)N)c1.[Cs+]. The Bertz CT molecular complexity index is 410. The second-order valence-electron chi connectivity index (χ2n) is 4.56. The number of nitrogens with one attached hydrogen (secondary N) is 1. The number of hydrogen-bond donors (Lipinski definition) is 2. The van der Waals surface area contributed by atoms with Crippen molar-refractivity contribution in [2.24, 2.45) is 5.73 Å². The van der Waals surface area contributed by atoms with Crippen LogP contribution in [0.25, 0.3) is 0 Å². The van der Waals surface area contributed by atoms with Crippen molar-refractivity contribution in [3.05, 3.63) is 35.9 Å². The largest absolute Gasteiger partial charge is 1.00 e. The number of nitrogens with two attached hydrogens (primary N) is 1. The molecular formula is C12H19BCsN3O. The Morgan fingerprint density at radius 1 is 1.39 bits per heavy atom. The van der Waals surface area contributed by atoms with E-state index >= 15 is 0 Å². The van der Waals surface area contributed by atoms with E-state index in [1.807, 2.05) is 46.1 Å². The minimum Gasteiger partial charge on any atom is -0.515 e. The molecule has 0 saturated heterocycles. The molecule has 1 aromatic rings. The van der Waals surface area contributed by atoms with Crippen molar-refractivity contribution in [3.63, 3.8) is 0 Å². The van der Waals surface area contributed by atoms with Crippen LogP contribution in [-0.2, 0) is 4.76 Å². The normalized spacial score (nSPS) is 11.2.